The van der Waals surface area contributed by atoms with Gasteiger partial charge in [-0.2, -0.15) is 0 Å². The second-order valence-corrected chi connectivity index (χ2v) is 7.87. The Kier molecular flexibility index (Phi) is 5.55. The van der Waals surface area contributed by atoms with Crippen molar-refractivity contribution in [2.45, 2.75) is 19.4 Å². The van der Waals surface area contributed by atoms with Gasteiger partial charge in [-0.3, -0.25) is 9.78 Å². The van der Waals surface area contributed by atoms with Crippen LogP contribution in [0.25, 0.3) is 0 Å². The van der Waals surface area contributed by atoms with Crippen molar-refractivity contribution in [3.63, 3.8) is 0 Å². The molecule has 0 atom stereocenters. The molecular formula is C19H29N5O3. The van der Waals surface area contributed by atoms with Gasteiger partial charge in [-0.15, -0.1) is 0 Å². The zero-order chi connectivity index (χ0) is 19.6. The summed E-state index contributed by atoms with van der Waals surface area (Å²) in [7, 11) is 3.49. The number of carbonyl (C=O) groups excluding carboxylic acids is 2. The van der Waals surface area contributed by atoms with Crippen molar-refractivity contribution >= 4 is 17.6 Å². The molecule has 2 aliphatic heterocycles. The van der Waals surface area contributed by atoms with E-state index in [-0.39, 0.29) is 11.9 Å². The number of morpholine rings is 1. The van der Waals surface area contributed by atoms with E-state index in [1.807, 2.05) is 30.9 Å². The summed E-state index contributed by atoms with van der Waals surface area (Å²) in [5.41, 5.74) is 0.979. The van der Waals surface area contributed by atoms with Gasteiger partial charge >= 0.3 is 6.03 Å². The molecule has 3 rings (SSSR count). The molecule has 0 radical (unpaired) electrons. The van der Waals surface area contributed by atoms with Crippen molar-refractivity contribution in [3.8, 4) is 0 Å². The zero-order valence-corrected chi connectivity index (χ0v) is 16.6. The lowest BCUT2D eigenvalue weighted by Crippen LogP contribution is -2.63. The average molecular weight is 375 g/mol. The van der Waals surface area contributed by atoms with Crippen molar-refractivity contribution in [3.05, 3.63) is 24.0 Å². The molecule has 2 fully saturated rings. The Labute approximate surface area is 160 Å². The van der Waals surface area contributed by atoms with Crippen molar-refractivity contribution in [2.75, 3.05) is 64.9 Å². The van der Waals surface area contributed by atoms with Crippen LogP contribution in [0.5, 0.6) is 0 Å². The van der Waals surface area contributed by atoms with Gasteiger partial charge in [0.2, 0.25) is 0 Å². The van der Waals surface area contributed by atoms with Crippen LogP contribution in [-0.4, -0.2) is 97.2 Å². The Bertz CT molecular complexity index is 700. The van der Waals surface area contributed by atoms with Crippen LogP contribution in [0.3, 0.4) is 0 Å². The fraction of sp³-hybridized carbons (Fsp3) is 0.632. The third kappa shape index (κ3) is 4.16. The Morgan fingerprint density at radius 3 is 2.48 bits per heavy atom. The molecule has 0 saturated carbocycles. The smallest absolute Gasteiger partial charge is 0.319 e. The number of anilines is 1. The van der Waals surface area contributed by atoms with Gasteiger partial charge in [0.05, 0.1) is 18.8 Å². The number of amides is 3. The summed E-state index contributed by atoms with van der Waals surface area (Å²) in [6.45, 7) is 8.52. The number of hydrogen-bond acceptors (Lipinski definition) is 5. The first-order valence-electron chi connectivity index (χ1n) is 9.36. The largest absolute Gasteiger partial charge is 0.378 e. The Hall–Kier alpha value is -2.35. The number of pyridine rings is 1. The van der Waals surface area contributed by atoms with Gasteiger partial charge in [-0.05, 0) is 26.0 Å². The van der Waals surface area contributed by atoms with E-state index in [1.165, 1.54) is 0 Å². The van der Waals surface area contributed by atoms with Gasteiger partial charge < -0.3 is 24.3 Å². The second kappa shape index (κ2) is 7.72. The van der Waals surface area contributed by atoms with Gasteiger partial charge in [-0.25, -0.2) is 4.79 Å². The fourth-order valence-corrected chi connectivity index (χ4v) is 3.67. The van der Waals surface area contributed by atoms with E-state index in [1.54, 1.807) is 30.1 Å². The van der Waals surface area contributed by atoms with E-state index >= 15 is 0 Å². The molecule has 0 spiro atoms. The number of urea groups is 1. The summed E-state index contributed by atoms with van der Waals surface area (Å²) in [5, 5.41) is 0. The Morgan fingerprint density at radius 2 is 1.85 bits per heavy atom. The maximum absolute atomic E-state index is 13.2. The van der Waals surface area contributed by atoms with Crippen LogP contribution in [0.2, 0.25) is 0 Å². The van der Waals surface area contributed by atoms with Gasteiger partial charge in [0, 0.05) is 58.7 Å². The molecule has 0 aliphatic carbocycles. The highest BCUT2D eigenvalue weighted by Gasteiger charge is 2.39. The summed E-state index contributed by atoms with van der Waals surface area (Å²) in [6, 6.07) is 3.77. The fourth-order valence-electron chi connectivity index (χ4n) is 3.67. The topological polar surface area (TPSA) is 69.2 Å². The number of piperazine rings is 1. The molecule has 3 amide bonds. The summed E-state index contributed by atoms with van der Waals surface area (Å²) >= 11 is 0. The molecule has 3 heterocycles. The normalized spacial score (nSPS) is 19.8. The summed E-state index contributed by atoms with van der Waals surface area (Å²) < 4.78 is 5.40. The van der Waals surface area contributed by atoms with E-state index in [4.69, 9.17) is 4.74 Å². The SMILES string of the molecule is CN(C)C(=O)N1CCN(C(=O)c2cc(N3CCOCC3)ccn2)C(C)(C)C1. The quantitative estimate of drug-likeness (QED) is 0.775. The molecular weight excluding hydrogens is 346 g/mol. The van der Waals surface area contributed by atoms with Crippen LogP contribution < -0.4 is 4.90 Å². The van der Waals surface area contributed by atoms with E-state index in [2.05, 4.69) is 9.88 Å². The molecule has 0 N–H and O–H groups in total. The minimum Gasteiger partial charge on any atom is -0.378 e. The second-order valence-electron chi connectivity index (χ2n) is 7.87. The lowest BCUT2D eigenvalue weighted by atomic mass is 9.98. The minimum atomic E-state index is -0.461. The molecule has 1 aromatic heterocycles. The van der Waals surface area contributed by atoms with E-state index < -0.39 is 5.54 Å². The van der Waals surface area contributed by atoms with Gasteiger partial charge in [-0.1, -0.05) is 0 Å². The molecule has 0 unspecified atom stereocenters. The summed E-state index contributed by atoms with van der Waals surface area (Å²) in [5.74, 6) is -0.0907. The van der Waals surface area contributed by atoms with E-state index in [9.17, 15) is 9.59 Å². The number of carbonyl (C=O) groups is 2. The van der Waals surface area contributed by atoms with Crippen LogP contribution in [-0.2, 0) is 4.74 Å². The van der Waals surface area contributed by atoms with Crippen LogP contribution in [0.1, 0.15) is 24.3 Å². The molecule has 8 nitrogen and oxygen atoms in total. The lowest BCUT2D eigenvalue weighted by Gasteiger charge is -2.47. The van der Waals surface area contributed by atoms with Gasteiger partial charge in [0.25, 0.3) is 5.91 Å². The highest BCUT2D eigenvalue weighted by atomic mass is 16.5. The lowest BCUT2D eigenvalue weighted by molar-refractivity contribution is 0.0236. The Balaban J connectivity index is 1.75. The molecule has 0 aromatic carbocycles. The molecule has 148 valence electrons. The maximum Gasteiger partial charge on any atom is 0.319 e. The van der Waals surface area contributed by atoms with Crippen LogP contribution in [0, 0.1) is 0 Å². The molecule has 8 heteroatoms. The monoisotopic (exact) mass is 375 g/mol. The highest BCUT2D eigenvalue weighted by Crippen LogP contribution is 2.25. The number of ether oxygens (including phenoxy) is 1. The predicted octanol–water partition coefficient (Wildman–Crippen LogP) is 1.14. The van der Waals surface area contributed by atoms with Gasteiger partial charge in [0.15, 0.2) is 0 Å². The van der Waals surface area contributed by atoms with Crippen molar-refractivity contribution < 1.29 is 14.3 Å². The van der Waals surface area contributed by atoms with E-state index in [0.29, 0.717) is 38.5 Å². The van der Waals surface area contributed by atoms with Crippen molar-refractivity contribution in [2.24, 2.45) is 0 Å². The van der Waals surface area contributed by atoms with Gasteiger partial charge in [0.1, 0.15) is 5.69 Å². The maximum atomic E-state index is 13.2. The zero-order valence-electron chi connectivity index (χ0n) is 16.6. The minimum absolute atomic E-state index is 0.0254. The standard InChI is InChI=1S/C19H29N5O3/c1-19(2)14-23(18(26)21(3)4)7-8-24(19)17(25)16-13-15(5-6-20-16)22-9-11-27-12-10-22/h5-6,13H,7-12,14H2,1-4H3. The number of nitrogens with zero attached hydrogens (tertiary/aromatic N) is 5. The van der Waals surface area contributed by atoms with Crippen LogP contribution >= 0.6 is 0 Å². The molecule has 2 saturated heterocycles. The number of rotatable bonds is 2. The molecule has 2 aliphatic rings. The Morgan fingerprint density at radius 1 is 1.15 bits per heavy atom. The first-order valence-corrected chi connectivity index (χ1v) is 9.36. The van der Waals surface area contributed by atoms with Crippen molar-refractivity contribution in [1.29, 1.82) is 0 Å². The number of aromatic nitrogens is 1. The number of hydrogen-bond donors (Lipinski definition) is 0. The first kappa shape index (κ1) is 19.4. The predicted molar refractivity (Wildman–Crippen MR) is 103 cm³/mol. The molecule has 1 aromatic rings. The van der Waals surface area contributed by atoms with Crippen LogP contribution in [0.15, 0.2) is 18.3 Å². The summed E-state index contributed by atoms with van der Waals surface area (Å²) in [4.78, 5) is 37.2. The van der Waals surface area contributed by atoms with Crippen LogP contribution in [0.4, 0.5) is 10.5 Å². The summed E-state index contributed by atoms with van der Waals surface area (Å²) in [6.07, 6.45) is 1.69. The third-order valence-electron chi connectivity index (χ3n) is 5.14. The first-order chi connectivity index (χ1) is 12.8. The highest BCUT2D eigenvalue weighted by molar-refractivity contribution is 5.94. The molecule has 0 bridgehead atoms. The van der Waals surface area contributed by atoms with Crippen molar-refractivity contribution in [1.82, 2.24) is 19.7 Å². The van der Waals surface area contributed by atoms with E-state index in [0.717, 1.165) is 18.8 Å². The molecule has 27 heavy (non-hydrogen) atoms. The third-order valence-corrected chi connectivity index (χ3v) is 5.14. The average Bonchev–Trinajstić information content (AvgIpc) is 2.67.